The molecule has 1 fully saturated rings. The van der Waals surface area contributed by atoms with Crippen molar-refractivity contribution in [1.82, 2.24) is 5.43 Å². The fourth-order valence-electron chi connectivity index (χ4n) is 1.49. The minimum atomic E-state index is -0.0631. The molecule has 3 N–H and O–H groups in total. The lowest BCUT2D eigenvalue weighted by atomic mass is 10.4. The second kappa shape index (κ2) is 4.72. The molecule has 4 heteroatoms. The van der Waals surface area contributed by atoms with Gasteiger partial charge in [0.1, 0.15) is 0 Å². The standard InChI is InChI=1S/C8H16N2OS/c1-6(8(11)10-9)12-7-4-2-3-5-7/h6-7H,2-5,9H2,1H3,(H,10,11). The molecule has 0 aliphatic heterocycles. The van der Waals surface area contributed by atoms with E-state index in [0.717, 1.165) is 0 Å². The lowest BCUT2D eigenvalue weighted by Gasteiger charge is -2.13. The Bertz CT molecular complexity index is 157. The van der Waals surface area contributed by atoms with Gasteiger partial charge in [-0.25, -0.2) is 5.84 Å². The van der Waals surface area contributed by atoms with Crippen molar-refractivity contribution >= 4 is 17.7 Å². The van der Waals surface area contributed by atoms with Gasteiger partial charge in [-0.1, -0.05) is 12.8 Å². The first-order valence-electron chi connectivity index (χ1n) is 4.40. The van der Waals surface area contributed by atoms with E-state index in [1.165, 1.54) is 25.7 Å². The van der Waals surface area contributed by atoms with E-state index >= 15 is 0 Å². The molecule has 1 unspecified atom stereocenters. The van der Waals surface area contributed by atoms with Gasteiger partial charge in [-0.05, 0) is 19.8 Å². The SMILES string of the molecule is CC(SC1CCCC1)C(=O)NN. The van der Waals surface area contributed by atoms with Crippen molar-refractivity contribution in [1.29, 1.82) is 0 Å². The van der Waals surface area contributed by atoms with Gasteiger partial charge in [0.05, 0.1) is 5.25 Å². The van der Waals surface area contributed by atoms with Gasteiger partial charge in [-0.15, -0.1) is 11.8 Å². The molecule has 0 radical (unpaired) electrons. The van der Waals surface area contributed by atoms with Gasteiger partial charge in [0.25, 0.3) is 0 Å². The summed E-state index contributed by atoms with van der Waals surface area (Å²) in [4.78, 5) is 11.0. The Morgan fingerprint density at radius 2 is 2.17 bits per heavy atom. The third-order valence-electron chi connectivity index (χ3n) is 2.21. The quantitative estimate of drug-likeness (QED) is 0.395. The van der Waals surface area contributed by atoms with Crippen molar-refractivity contribution < 1.29 is 4.79 Å². The first kappa shape index (κ1) is 9.86. The molecule has 1 atom stereocenters. The predicted molar refractivity (Wildman–Crippen MR) is 51.6 cm³/mol. The van der Waals surface area contributed by atoms with E-state index in [9.17, 15) is 4.79 Å². The predicted octanol–water partition coefficient (Wildman–Crippen LogP) is 1.04. The Kier molecular flexibility index (Phi) is 3.88. The maximum absolute atomic E-state index is 11.0. The molecule has 3 nitrogen and oxygen atoms in total. The van der Waals surface area contributed by atoms with Crippen LogP contribution in [-0.4, -0.2) is 16.4 Å². The number of hydrazine groups is 1. The van der Waals surface area contributed by atoms with Crippen molar-refractivity contribution in [3.8, 4) is 0 Å². The topological polar surface area (TPSA) is 55.1 Å². The van der Waals surface area contributed by atoms with Crippen LogP contribution in [0.2, 0.25) is 0 Å². The van der Waals surface area contributed by atoms with Gasteiger partial charge in [0.15, 0.2) is 0 Å². The molecule has 1 saturated carbocycles. The van der Waals surface area contributed by atoms with E-state index in [1.54, 1.807) is 11.8 Å². The maximum atomic E-state index is 11.0. The molecule has 1 rings (SSSR count). The number of thioether (sulfide) groups is 1. The van der Waals surface area contributed by atoms with Crippen LogP contribution in [0.15, 0.2) is 0 Å². The minimum absolute atomic E-state index is 0.00176. The third-order valence-corrected chi connectivity index (χ3v) is 3.69. The molecule has 1 aliphatic rings. The number of hydrogen-bond acceptors (Lipinski definition) is 3. The van der Waals surface area contributed by atoms with E-state index < -0.39 is 0 Å². The number of carbonyl (C=O) groups excluding carboxylic acids is 1. The van der Waals surface area contributed by atoms with Gasteiger partial charge < -0.3 is 0 Å². The summed E-state index contributed by atoms with van der Waals surface area (Å²) in [6, 6.07) is 0. The van der Waals surface area contributed by atoms with Crippen LogP contribution in [0.25, 0.3) is 0 Å². The summed E-state index contributed by atoms with van der Waals surface area (Å²) in [7, 11) is 0. The summed E-state index contributed by atoms with van der Waals surface area (Å²) in [5.41, 5.74) is 2.18. The van der Waals surface area contributed by atoms with Crippen LogP contribution in [0.3, 0.4) is 0 Å². The van der Waals surface area contributed by atoms with Gasteiger partial charge in [-0.3, -0.25) is 10.2 Å². The van der Waals surface area contributed by atoms with Crippen LogP contribution in [-0.2, 0) is 4.79 Å². The van der Waals surface area contributed by atoms with Crippen LogP contribution >= 0.6 is 11.8 Å². The molecule has 1 aliphatic carbocycles. The second-order valence-electron chi connectivity index (χ2n) is 3.19. The van der Waals surface area contributed by atoms with Gasteiger partial charge >= 0.3 is 0 Å². The molecule has 0 spiro atoms. The van der Waals surface area contributed by atoms with Gasteiger partial charge in [0, 0.05) is 5.25 Å². The average Bonchev–Trinajstić information content (AvgIpc) is 2.55. The molecule has 0 saturated heterocycles. The lowest BCUT2D eigenvalue weighted by molar-refractivity contribution is -0.120. The van der Waals surface area contributed by atoms with Gasteiger partial charge in [-0.2, -0.15) is 0 Å². The largest absolute Gasteiger partial charge is 0.293 e. The van der Waals surface area contributed by atoms with E-state index in [1.807, 2.05) is 6.92 Å². The summed E-state index contributed by atoms with van der Waals surface area (Å²) >= 11 is 1.75. The normalized spacial score (nSPS) is 20.8. The highest BCUT2D eigenvalue weighted by molar-refractivity contribution is 8.01. The number of nitrogens with one attached hydrogen (secondary N) is 1. The molecular formula is C8H16N2OS. The molecule has 1 amide bonds. The van der Waals surface area contributed by atoms with Gasteiger partial charge in [0.2, 0.25) is 5.91 Å². The second-order valence-corrected chi connectivity index (χ2v) is 4.84. The molecule has 0 heterocycles. The fraction of sp³-hybridized carbons (Fsp3) is 0.875. The molecular weight excluding hydrogens is 172 g/mol. The van der Waals surface area contributed by atoms with Crippen LogP contribution in [0.1, 0.15) is 32.6 Å². The van der Waals surface area contributed by atoms with Crippen molar-refractivity contribution in [3.63, 3.8) is 0 Å². The zero-order valence-electron chi connectivity index (χ0n) is 7.38. The molecule has 70 valence electrons. The van der Waals surface area contributed by atoms with Crippen molar-refractivity contribution in [2.24, 2.45) is 5.84 Å². The van der Waals surface area contributed by atoms with Crippen LogP contribution in [0.4, 0.5) is 0 Å². The molecule has 0 aromatic rings. The zero-order valence-corrected chi connectivity index (χ0v) is 8.19. The smallest absolute Gasteiger partial charge is 0.246 e. The van der Waals surface area contributed by atoms with Crippen LogP contribution < -0.4 is 11.3 Å². The average molecular weight is 188 g/mol. The molecule has 0 aromatic carbocycles. The fourth-order valence-corrected chi connectivity index (χ4v) is 2.87. The molecule has 0 bridgehead atoms. The third kappa shape index (κ3) is 2.68. The van der Waals surface area contributed by atoms with E-state index in [-0.39, 0.29) is 11.2 Å². The Balaban J connectivity index is 2.24. The minimum Gasteiger partial charge on any atom is -0.293 e. The summed E-state index contributed by atoms with van der Waals surface area (Å²) in [5.74, 6) is 4.97. The summed E-state index contributed by atoms with van der Waals surface area (Å²) in [5, 5.41) is 0.676. The Morgan fingerprint density at radius 1 is 1.58 bits per heavy atom. The number of amides is 1. The zero-order chi connectivity index (χ0) is 8.97. The summed E-state index contributed by atoms with van der Waals surface area (Å²) < 4.78 is 0. The van der Waals surface area contributed by atoms with Crippen molar-refractivity contribution in [2.45, 2.75) is 43.1 Å². The Labute approximate surface area is 77.4 Å². The Hall–Kier alpha value is -0.220. The molecule has 0 aromatic heterocycles. The monoisotopic (exact) mass is 188 g/mol. The van der Waals surface area contributed by atoms with E-state index in [0.29, 0.717) is 5.25 Å². The maximum Gasteiger partial charge on any atom is 0.246 e. The summed E-state index contributed by atoms with van der Waals surface area (Å²) in [6.07, 6.45) is 5.14. The van der Waals surface area contributed by atoms with Crippen LogP contribution in [0.5, 0.6) is 0 Å². The lowest BCUT2D eigenvalue weighted by Crippen LogP contribution is -2.36. The number of carbonyl (C=O) groups is 1. The Morgan fingerprint density at radius 3 is 2.67 bits per heavy atom. The highest BCUT2D eigenvalue weighted by Gasteiger charge is 2.21. The van der Waals surface area contributed by atoms with Crippen molar-refractivity contribution in [3.05, 3.63) is 0 Å². The number of nitrogens with two attached hydrogens (primary N) is 1. The first-order chi connectivity index (χ1) is 5.74. The van der Waals surface area contributed by atoms with Crippen molar-refractivity contribution in [2.75, 3.05) is 0 Å². The van der Waals surface area contributed by atoms with E-state index in [2.05, 4.69) is 5.43 Å². The van der Waals surface area contributed by atoms with Crippen LogP contribution in [0, 0.1) is 0 Å². The first-order valence-corrected chi connectivity index (χ1v) is 5.34. The number of rotatable bonds is 3. The number of hydrogen-bond donors (Lipinski definition) is 2. The highest BCUT2D eigenvalue weighted by Crippen LogP contribution is 2.31. The van der Waals surface area contributed by atoms with E-state index in [4.69, 9.17) is 5.84 Å². The highest BCUT2D eigenvalue weighted by atomic mass is 32.2. The molecule has 12 heavy (non-hydrogen) atoms. The summed E-state index contributed by atoms with van der Waals surface area (Å²) in [6.45, 7) is 1.91.